The maximum atomic E-state index is 13.5. The molecule has 110 valence electrons. The van der Waals surface area contributed by atoms with Crippen molar-refractivity contribution in [1.82, 2.24) is 0 Å². The zero-order valence-electron chi connectivity index (χ0n) is 11.2. The van der Waals surface area contributed by atoms with Crippen molar-refractivity contribution in [2.24, 2.45) is 4.40 Å². The fourth-order valence-corrected chi connectivity index (χ4v) is 1.77. The van der Waals surface area contributed by atoms with Crippen LogP contribution < -0.4 is 0 Å². The number of benzene rings is 1. The minimum Gasteiger partial charge on any atom is -0.258 e. The Bertz CT molecular complexity index is 583. The van der Waals surface area contributed by atoms with Gasteiger partial charge in [0.1, 0.15) is 11.0 Å². The molecule has 0 spiro atoms. The highest BCUT2D eigenvalue weighted by molar-refractivity contribution is 7.85. The second kappa shape index (κ2) is 6.17. The maximum Gasteiger partial charge on any atom is 0.272 e. The topological polar surface area (TPSA) is 72.6 Å². The van der Waals surface area contributed by atoms with Crippen LogP contribution in [0.25, 0.3) is 0 Å². The highest BCUT2D eigenvalue weighted by Gasteiger charge is 2.19. The summed E-state index contributed by atoms with van der Waals surface area (Å²) in [6.07, 6.45) is 0.995. The molecule has 8 heteroatoms. The monoisotopic (exact) mass is 304 g/mol. The fourth-order valence-electron chi connectivity index (χ4n) is 1.25. The summed E-state index contributed by atoms with van der Waals surface area (Å²) in [6.45, 7) is 5.15. The summed E-state index contributed by atoms with van der Waals surface area (Å²) in [5.74, 6) is -2.46. The third kappa shape index (κ3) is 4.16. The first-order chi connectivity index (χ1) is 9.12. The summed E-state index contributed by atoms with van der Waals surface area (Å²) < 4.78 is 41.4. The Balaban J connectivity index is 2.96. The number of non-ortho nitro benzene ring substituents is 1. The van der Waals surface area contributed by atoms with Crippen molar-refractivity contribution in [2.75, 3.05) is 0 Å². The van der Waals surface area contributed by atoms with Gasteiger partial charge < -0.3 is 0 Å². The summed E-state index contributed by atoms with van der Waals surface area (Å²) in [5, 5.41) is 10.6. The van der Waals surface area contributed by atoms with E-state index in [0.29, 0.717) is 6.07 Å². The lowest BCUT2D eigenvalue weighted by Gasteiger charge is -2.12. The van der Waals surface area contributed by atoms with E-state index in [0.717, 1.165) is 6.07 Å². The smallest absolute Gasteiger partial charge is 0.258 e. The van der Waals surface area contributed by atoms with Crippen LogP contribution in [-0.4, -0.2) is 20.1 Å². The first-order valence-electron chi connectivity index (χ1n) is 5.69. The Morgan fingerprint density at radius 3 is 2.50 bits per heavy atom. The van der Waals surface area contributed by atoms with Crippen LogP contribution >= 0.6 is 0 Å². The van der Waals surface area contributed by atoms with Crippen molar-refractivity contribution in [3.63, 3.8) is 0 Å². The van der Waals surface area contributed by atoms with E-state index < -0.39 is 38.0 Å². The molecule has 0 radical (unpaired) electrons. The van der Waals surface area contributed by atoms with E-state index in [9.17, 15) is 23.1 Å². The van der Waals surface area contributed by atoms with Crippen LogP contribution in [0.5, 0.6) is 0 Å². The number of hydrogen-bond acceptors (Lipinski definition) is 3. The highest BCUT2D eigenvalue weighted by Crippen LogP contribution is 2.20. The van der Waals surface area contributed by atoms with E-state index in [1.54, 1.807) is 20.8 Å². The molecule has 1 aromatic rings. The molecule has 0 aliphatic carbocycles. The van der Waals surface area contributed by atoms with Crippen LogP contribution in [-0.2, 0) is 17.4 Å². The Morgan fingerprint density at radius 2 is 2.00 bits per heavy atom. The van der Waals surface area contributed by atoms with Gasteiger partial charge in [0.25, 0.3) is 5.69 Å². The zero-order valence-corrected chi connectivity index (χ0v) is 12.0. The van der Waals surface area contributed by atoms with Gasteiger partial charge in [0.15, 0.2) is 11.6 Å². The molecule has 1 unspecified atom stereocenters. The van der Waals surface area contributed by atoms with Gasteiger partial charge in [0, 0.05) is 24.3 Å². The third-order valence-electron chi connectivity index (χ3n) is 2.30. The van der Waals surface area contributed by atoms with E-state index in [-0.39, 0.29) is 12.0 Å². The predicted molar refractivity (Wildman–Crippen MR) is 73.1 cm³/mol. The Morgan fingerprint density at radius 1 is 1.40 bits per heavy atom. The first-order valence-corrected chi connectivity index (χ1v) is 6.80. The number of nitrogens with zero attached hydrogens (tertiary/aromatic N) is 2. The molecule has 0 amide bonds. The van der Waals surface area contributed by atoms with Crippen LogP contribution in [0, 0.1) is 21.7 Å². The predicted octanol–water partition coefficient (Wildman–Crippen LogP) is 2.95. The minimum absolute atomic E-state index is 0.174. The van der Waals surface area contributed by atoms with Crippen molar-refractivity contribution in [3.8, 4) is 0 Å². The van der Waals surface area contributed by atoms with Gasteiger partial charge in [-0.25, -0.2) is 13.0 Å². The summed E-state index contributed by atoms with van der Waals surface area (Å²) in [4.78, 5) is 9.76. The number of hydrogen-bond donors (Lipinski definition) is 0. The first kappa shape index (κ1) is 16.4. The lowest BCUT2D eigenvalue weighted by atomic mass is 10.1. The molecule has 0 saturated carbocycles. The maximum absolute atomic E-state index is 13.5. The van der Waals surface area contributed by atoms with Gasteiger partial charge in [-0.2, -0.15) is 4.40 Å². The van der Waals surface area contributed by atoms with Crippen molar-refractivity contribution >= 4 is 22.9 Å². The number of nitro benzene ring substituents is 1. The molecule has 1 aromatic carbocycles. The minimum atomic E-state index is -1.52. The molecule has 20 heavy (non-hydrogen) atoms. The van der Waals surface area contributed by atoms with Crippen LogP contribution in [0.3, 0.4) is 0 Å². The molecule has 0 aliphatic heterocycles. The SMILES string of the molecule is CC(C)(C)S(=O)N=CCc1cc([N+](=O)[O-])cc(F)c1F. The largest absolute Gasteiger partial charge is 0.272 e. The lowest BCUT2D eigenvalue weighted by molar-refractivity contribution is -0.385. The molecule has 0 heterocycles. The zero-order chi connectivity index (χ0) is 15.5. The summed E-state index contributed by atoms with van der Waals surface area (Å²) in [6, 6.07) is 1.45. The molecule has 0 saturated heterocycles. The standard InChI is InChI=1S/C12H14F2N2O3S/c1-12(2,3)20(19)15-5-4-8-6-9(16(17)18)7-10(13)11(8)14/h5-7H,4H2,1-3H3. The van der Waals surface area contributed by atoms with E-state index >= 15 is 0 Å². The van der Waals surface area contributed by atoms with Crippen LogP contribution in [0.15, 0.2) is 16.5 Å². The van der Waals surface area contributed by atoms with Crippen LogP contribution in [0.4, 0.5) is 14.5 Å². The Labute approximate surface area is 117 Å². The van der Waals surface area contributed by atoms with Crippen LogP contribution in [0.1, 0.15) is 26.3 Å². The van der Waals surface area contributed by atoms with Gasteiger partial charge in [0.2, 0.25) is 0 Å². The average molecular weight is 304 g/mol. The van der Waals surface area contributed by atoms with E-state index in [1.165, 1.54) is 6.21 Å². The van der Waals surface area contributed by atoms with Crippen molar-refractivity contribution < 1.29 is 17.9 Å². The van der Waals surface area contributed by atoms with Gasteiger partial charge in [0.05, 0.1) is 15.7 Å². The average Bonchev–Trinajstić information content (AvgIpc) is 2.32. The summed E-state index contributed by atoms with van der Waals surface area (Å²) >= 11 is 0. The second-order valence-electron chi connectivity index (χ2n) is 5.01. The molecular weight excluding hydrogens is 290 g/mol. The quantitative estimate of drug-likeness (QED) is 0.487. The van der Waals surface area contributed by atoms with Crippen LogP contribution in [0.2, 0.25) is 0 Å². The van der Waals surface area contributed by atoms with Crippen molar-refractivity contribution in [1.29, 1.82) is 0 Å². The lowest BCUT2D eigenvalue weighted by Crippen LogP contribution is -2.19. The molecule has 1 atom stereocenters. The Hall–Kier alpha value is -1.70. The molecule has 0 aromatic heterocycles. The normalized spacial score (nSPS) is 13.7. The molecule has 5 nitrogen and oxygen atoms in total. The van der Waals surface area contributed by atoms with E-state index in [2.05, 4.69) is 4.40 Å². The molecule has 0 N–H and O–H groups in total. The van der Waals surface area contributed by atoms with Gasteiger partial charge in [-0.05, 0) is 20.8 Å². The molecule has 0 fully saturated rings. The second-order valence-corrected chi connectivity index (χ2v) is 6.95. The van der Waals surface area contributed by atoms with Gasteiger partial charge in [-0.1, -0.05) is 0 Å². The van der Waals surface area contributed by atoms with Crippen molar-refractivity contribution in [3.05, 3.63) is 39.4 Å². The highest BCUT2D eigenvalue weighted by atomic mass is 32.2. The molecule has 0 aliphatic rings. The summed E-state index contributed by atoms with van der Waals surface area (Å²) in [7, 11) is -1.52. The van der Waals surface area contributed by atoms with Gasteiger partial charge in [-0.15, -0.1) is 0 Å². The molecule has 1 rings (SSSR count). The Kier molecular flexibility index (Phi) is 5.04. The number of nitro groups is 1. The fraction of sp³-hybridized carbons (Fsp3) is 0.417. The van der Waals surface area contributed by atoms with E-state index in [4.69, 9.17) is 0 Å². The van der Waals surface area contributed by atoms with Crippen molar-refractivity contribution in [2.45, 2.75) is 31.9 Å². The third-order valence-corrected chi connectivity index (χ3v) is 3.69. The number of halogens is 2. The molecule has 0 bridgehead atoms. The van der Waals surface area contributed by atoms with Gasteiger partial charge in [-0.3, -0.25) is 10.1 Å². The molecular formula is C12H14F2N2O3S. The summed E-state index contributed by atoms with van der Waals surface area (Å²) in [5.41, 5.74) is -0.740. The van der Waals surface area contributed by atoms with Gasteiger partial charge >= 0.3 is 0 Å². The number of rotatable bonds is 4. The van der Waals surface area contributed by atoms with E-state index in [1.807, 2.05) is 0 Å².